The van der Waals surface area contributed by atoms with E-state index in [-0.39, 0.29) is 18.1 Å². The van der Waals surface area contributed by atoms with Crippen molar-refractivity contribution in [3.63, 3.8) is 0 Å². The fourth-order valence-corrected chi connectivity index (χ4v) is 4.77. The van der Waals surface area contributed by atoms with Crippen LogP contribution < -0.4 is 16.2 Å². The lowest BCUT2D eigenvalue weighted by Crippen LogP contribution is -2.17. The molecule has 4 aromatic rings. The summed E-state index contributed by atoms with van der Waals surface area (Å²) in [6.07, 6.45) is 1.31. The van der Waals surface area contributed by atoms with Gasteiger partial charge in [0.1, 0.15) is 23.3 Å². The van der Waals surface area contributed by atoms with Crippen LogP contribution in [0.15, 0.2) is 24.5 Å². The van der Waals surface area contributed by atoms with Crippen molar-refractivity contribution in [1.82, 2.24) is 14.6 Å². The summed E-state index contributed by atoms with van der Waals surface area (Å²) in [5, 5.41) is 5.27. The summed E-state index contributed by atoms with van der Waals surface area (Å²) in [4.78, 5) is 17.3. The van der Waals surface area contributed by atoms with Gasteiger partial charge in [-0.3, -0.25) is 4.79 Å². The highest BCUT2D eigenvalue weighted by atomic mass is 32.1. The summed E-state index contributed by atoms with van der Waals surface area (Å²) in [6.45, 7) is 4.60. The highest BCUT2D eigenvalue weighted by molar-refractivity contribution is 7.22. The number of primary amides is 1. The van der Waals surface area contributed by atoms with Crippen molar-refractivity contribution in [3.05, 3.63) is 41.3 Å². The van der Waals surface area contributed by atoms with E-state index in [9.17, 15) is 4.79 Å². The largest absolute Gasteiger partial charge is 0.495 e. The number of fused-ring (bicyclic) bond motifs is 2. The van der Waals surface area contributed by atoms with E-state index in [1.807, 2.05) is 19.9 Å². The molecule has 0 saturated heterocycles. The number of nitrogens with two attached hydrogens (primary N) is 2. The molecular formula is C20H21N5O3S. The lowest BCUT2D eigenvalue weighted by atomic mass is 10.1. The summed E-state index contributed by atoms with van der Waals surface area (Å²) >= 11 is 1.55. The van der Waals surface area contributed by atoms with Crippen molar-refractivity contribution in [1.29, 1.82) is 0 Å². The SMILES string of the molecule is CCOCc1c(-c2cc3cc(C)cc(OC)c3s2)c2c(N)ncnn2c1C(N)=O. The maximum Gasteiger partial charge on any atom is 0.267 e. The number of anilines is 1. The molecule has 1 aromatic carbocycles. The number of ether oxygens (including phenoxy) is 2. The Morgan fingerprint density at radius 1 is 1.31 bits per heavy atom. The molecule has 0 atom stereocenters. The van der Waals surface area contributed by atoms with Crippen LogP contribution in [-0.4, -0.2) is 34.2 Å². The van der Waals surface area contributed by atoms with Crippen molar-refractivity contribution in [2.24, 2.45) is 5.73 Å². The van der Waals surface area contributed by atoms with E-state index in [1.165, 1.54) is 10.8 Å². The van der Waals surface area contributed by atoms with Crippen LogP contribution in [0.1, 0.15) is 28.5 Å². The second kappa shape index (κ2) is 7.34. The number of amides is 1. The third-order valence-electron chi connectivity index (χ3n) is 4.73. The minimum atomic E-state index is -0.603. The van der Waals surface area contributed by atoms with Crippen LogP contribution in [0.3, 0.4) is 0 Å². The molecule has 150 valence electrons. The van der Waals surface area contributed by atoms with E-state index in [4.69, 9.17) is 20.9 Å². The molecule has 9 heteroatoms. The van der Waals surface area contributed by atoms with Gasteiger partial charge >= 0.3 is 0 Å². The Morgan fingerprint density at radius 2 is 2.10 bits per heavy atom. The Labute approximate surface area is 171 Å². The highest BCUT2D eigenvalue weighted by Crippen LogP contribution is 2.44. The van der Waals surface area contributed by atoms with E-state index in [1.54, 1.807) is 18.4 Å². The number of aryl methyl sites for hydroxylation is 1. The van der Waals surface area contributed by atoms with Crippen LogP contribution >= 0.6 is 11.3 Å². The van der Waals surface area contributed by atoms with Gasteiger partial charge in [0, 0.05) is 22.6 Å². The molecule has 8 nitrogen and oxygen atoms in total. The third-order valence-corrected chi connectivity index (χ3v) is 5.91. The van der Waals surface area contributed by atoms with E-state index in [0.29, 0.717) is 17.7 Å². The first-order valence-electron chi connectivity index (χ1n) is 9.06. The quantitative estimate of drug-likeness (QED) is 0.503. The van der Waals surface area contributed by atoms with E-state index in [2.05, 4.69) is 22.2 Å². The number of nitrogens with zero attached hydrogens (tertiary/aromatic N) is 3. The number of carbonyl (C=O) groups is 1. The van der Waals surface area contributed by atoms with Crippen molar-refractivity contribution >= 4 is 38.7 Å². The van der Waals surface area contributed by atoms with Crippen LogP contribution in [0.2, 0.25) is 0 Å². The number of aromatic nitrogens is 3. The molecule has 0 fully saturated rings. The molecule has 4 N–H and O–H groups in total. The summed E-state index contributed by atoms with van der Waals surface area (Å²) in [6, 6.07) is 6.14. The Kier molecular flexibility index (Phi) is 4.85. The number of rotatable bonds is 6. The second-order valence-corrected chi connectivity index (χ2v) is 7.66. The minimum Gasteiger partial charge on any atom is -0.495 e. The first kappa shape index (κ1) is 19.2. The standard InChI is InChI=1S/C20H21N5O3S/c1-4-28-8-12-15(17-19(21)23-9-24-25(17)16(12)20(22)26)14-7-11-5-10(2)6-13(27-3)18(11)29-14/h5-7,9H,4,8H2,1-3H3,(H2,22,26)(H2,21,23,24). The highest BCUT2D eigenvalue weighted by Gasteiger charge is 2.27. The molecule has 4 rings (SSSR count). The lowest BCUT2D eigenvalue weighted by molar-refractivity contribution is 0.0982. The molecule has 0 unspecified atom stereocenters. The monoisotopic (exact) mass is 411 g/mol. The maximum absolute atomic E-state index is 12.3. The van der Waals surface area contributed by atoms with Gasteiger partial charge in [-0.15, -0.1) is 11.3 Å². The molecule has 3 heterocycles. The molecule has 3 aromatic heterocycles. The summed E-state index contributed by atoms with van der Waals surface area (Å²) in [5.74, 6) is 0.458. The number of benzene rings is 1. The van der Waals surface area contributed by atoms with Crippen molar-refractivity contribution in [2.45, 2.75) is 20.5 Å². The predicted octanol–water partition coefficient (Wildman–Crippen LogP) is 3.15. The van der Waals surface area contributed by atoms with E-state index >= 15 is 0 Å². The number of thiophene rings is 1. The number of nitrogen functional groups attached to an aromatic ring is 1. The molecule has 0 aliphatic heterocycles. The van der Waals surface area contributed by atoms with Gasteiger partial charge in [-0.2, -0.15) is 5.10 Å². The number of carbonyl (C=O) groups excluding carboxylic acids is 1. The average Bonchev–Trinajstić information content (AvgIpc) is 3.24. The Balaban J connectivity index is 2.10. The fraction of sp³-hybridized carbons (Fsp3) is 0.250. The van der Waals surface area contributed by atoms with Crippen LogP contribution in [0, 0.1) is 6.92 Å². The zero-order valence-corrected chi connectivity index (χ0v) is 17.2. The van der Waals surface area contributed by atoms with Crippen LogP contribution in [0.25, 0.3) is 26.0 Å². The average molecular weight is 411 g/mol. The van der Waals surface area contributed by atoms with Crippen LogP contribution in [-0.2, 0) is 11.3 Å². The van der Waals surface area contributed by atoms with Gasteiger partial charge in [0.15, 0.2) is 5.82 Å². The van der Waals surface area contributed by atoms with Gasteiger partial charge in [0.2, 0.25) is 0 Å². The summed E-state index contributed by atoms with van der Waals surface area (Å²) < 4.78 is 13.7. The number of hydrogen-bond donors (Lipinski definition) is 2. The molecule has 0 radical (unpaired) electrons. The van der Waals surface area contributed by atoms with Gasteiger partial charge in [-0.25, -0.2) is 9.50 Å². The first-order chi connectivity index (χ1) is 14.0. The van der Waals surface area contributed by atoms with Crippen molar-refractivity contribution in [2.75, 3.05) is 19.5 Å². The van der Waals surface area contributed by atoms with Gasteiger partial charge in [-0.1, -0.05) is 6.07 Å². The summed E-state index contributed by atoms with van der Waals surface area (Å²) in [7, 11) is 1.65. The maximum atomic E-state index is 12.3. The number of hydrogen-bond acceptors (Lipinski definition) is 7. The van der Waals surface area contributed by atoms with Gasteiger partial charge in [0.25, 0.3) is 5.91 Å². The van der Waals surface area contributed by atoms with E-state index in [0.717, 1.165) is 31.8 Å². The van der Waals surface area contributed by atoms with Gasteiger partial charge in [-0.05, 0) is 36.9 Å². The van der Waals surface area contributed by atoms with Crippen molar-refractivity contribution in [3.8, 4) is 16.2 Å². The Morgan fingerprint density at radius 3 is 2.79 bits per heavy atom. The third kappa shape index (κ3) is 3.08. The van der Waals surface area contributed by atoms with Crippen LogP contribution in [0.5, 0.6) is 5.75 Å². The molecule has 0 aliphatic rings. The zero-order chi connectivity index (χ0) is 20.7. The molecule has 0 aliphatic carbocycles. The first-order valence-corrected chi connectivity index (χ1v) is 9.88. The van der Waals surface area contributed by atoms with Crippen LogP contribution in [0.4, 0.5) is 5.82 Å². The second-order valence-electron chi connectivity index (χ2n) is 6.61. The van der Waals surface area contributed by atoms with Gasteiger partial charge in [0.05, 0.1) is 18.4 Å². The molecule has 29 heavy (non-hydrogen) atoms. The molecule has 1 amide bonds. The topological polar surface area (TPSA) is 118 Å². The normalized spacial score (nSPS) is 11.4. The fourth-order valence-electron chi connectivity index (χ4n) is 3.56. The van der Waals surface area contributed by atoms with Gasteiger partial charge < -0.3 is 20.9 Å². The lowest BCUT2D eigenvalue weighted by Gasteiger charge is -2.05. The Hall–Kier alpha value is -3.17. The predicted molar refractivity (Wildman–Crippen MR) is 113 cm³/mol. The van der Waals surface area contributed by atoms with Crippen molar-refractivity contribution < 1.29 is 14.3 Å². The molecular weight excluding hydrogens is 390 g/mol. The van der Waals surface area contributed by atoms with E-state index < -0.39 is 5.91 Å². The molecule has 0 spiro atoms. The summed E-state index contributed by atoms with van der Waals surface area (Å²) in [5.41, 5.74) is 15.2. The number of methoxy groups -OCH3 is 1. The smallest absolute Gasteiger partial charge is 0.267 e. The zero-order valence-electron chi connectivity index (χ0n) is 16.4. The minimum absolute atomic E-state index is 0.206. The molecule has 0 saturated carbocycles. The Bertz CT molecular complexity index is 1240. The molecule has 0 bridgehead atoms.